The van der Waals surface area contributed by atoms with Crippen molar-refractivity contribution in [3.8, 4) is 0 Å². The van der Waals surface area contributed by atoms with E-state index in [2.05, 4.69) is 47.9 Å². The first-order chi connectivity index (χ1) is 38.1. The van der Waals surface area contributed by atoms with Crippen molar-refractivity contribution < 1.29 is 67.4 Å². The van der Waals surface area contributed by atoms with Crippen LogP contribution in [0.1, 0.15) is 72.4 Å². The Morgan fingerprint density at radius 2 is 1.26 bits per heavy atom. The molecule has 444 valence electrons. The summed E-state index contributed by atoms with van der Waals surface area (Å²) < 4.78 is 0. The molecule has 27 heteroatoms. The van der Waals surface area contributed by atoms with Gasteiger partial charge < -0.3 is 73.4 Å². The fraction of sp³-hybridized carbons (Fsp3) is 0.537. The molecule has 0 radical (unpaired) electrons. The van der Waals surface area contributed by atoms with E-state index < -0.39 is 170 Å². The summed E-state index contributed by atoms with van der Waals surface area (Å²) in [6.07, 6.45) is -1.01. The van der Waals surface area contributed by atoms with Crippen LogP contribution in [0.2, 0.25) is 0 Å². The number of hydrogen-bond donors (Lipinski definition) is 11. The Kier molecular flexibility index (Phi) is 26.3. The molecule has 1 aliphatic rings. The van der Waals surface area contributed by atoms with Crippen LogP contribution in [-0.4, -0.2) is 198 Å². The second kappa shape index (κ2) is 31.9. The van der Waals surface area contributed by atoms with Gasteiger partial charge in [-0.25, -0.2) is 0 Å². The standard InChI is InChI=1S/C54H79N13O14/c1-29(2)21-39-51(78)60-31(5)46(73)64-45(30(3)4)52(79)61-36(22-34-17-13-11-14-18-34)49(76)62-37(54(81)65(8)33(7)47(74)63-38(28-68)48(75)57-25-41(55)69)24-42(70)56-26-43(71)59-32(6)53(80)67(10)40(23-35-19-15-12-16-20-35)50(77)58-27-44(72)66(39)9/h11-20,29-33,36-40,45,68H,21-28H2,1-10H3,(H2,55,69)(H,56,70)(H,57,75)(H,58,77)(H,59,71)(H,60,78)(H,61,79)(H,62,76)(H,63,74)(H,64,73)/t31-,32-,33-,36-,37-,38-,39-,40-,45-/m0/s1. The maximum Gasteiger partial charge on any atom is 0.246 e. The van der Waals surface area contributed by atoms with E-state index in [0.717, 1.165) is 21.7 Å². The average Bonchev–Trinajstić information content (AvgIpc) is 3.45. The van der Waals surface area contributed by atoms with Crippen LogP contribution in [0.25, 0.3) is 0 Å². The van der Waals surface area contributed by atoms with Gasteiger partial charge in [0.05, 0.1) is 32.7 Å². The molecule has 27 nitrogen and oxygen atoms in total. The Labute approximate surface area is 470 Å². The molecule has 2 aromatic rings. The summed E-state index contributed by atoms with van der Waals surface area (Å²) in [4.78, 5) is 180. The van der Waals surface area contributed by atoms with Crippen LogP contribution in [0.15, 0.2) is 60.7 Å². The number of likely N-dealkylation sites (N-methyl/N-ethyl adjacent to an activating group) is 3. The van der Waals surface area contributed by atoms with E-state index >= 15 is 0 Å². The first kappa shape index (κ1) is 66.8. The number of hydrogen-bond acceptors (Lipinski definition) is 14. The van der Waals surface area contributed by atoms with Crippen LogP contribution < -0.4 is 53.6 Å². The molecule has 3 rings (SSSR count). The zero-order valence-corrected chi connectivity index (χ0v) is 47.5. The van der Waals surface area contributed by atoms with Crippen molar-refractivity contribution in [2.45, 2.75) is 129 Å². The molecule has 1 aliphatic heterocycles. The van der Waals surface area contributed by atoms with Gasteiger partial charge in [0.25, 0.3) is 0 Å². The van der Waals surface area contributed by atoms with Crippen LogP contribution in [0.3, 0.4) is 0 Å². The molecule has 9 atom stereocenters. The minimum Gasteiger partial charge on any atom is -0.394 e. The van der Waals surface area contributed by atoms with Crippen molar-refractivity contribution in [1.29, 1.82) is 0 Å². The van der Waals surface area contributed by atoms with Crippen molar-refractivity contribution in [3.63, 3.8) is 0 Å². The second-order valence-electron chi connectivity index (χ2n) is 20.6. The molecule has 1 heterocycles. The Morgan fingerprint density at radius 1 is 0.667 bits per heavy atom. The van der Waals surface area contributed by atoms with Gasteiger partial charge in [-0.05, 0) is 50.2 Å². The van der Waals surface area contributed by atoms with Gasteiger partial charge in [-0.1, -0.05) is 88.4 Å². The van der Waals surface area contributed by atoms with Gasteiger partial charge in [-0.3, -0.25) is 62.3 Å². The van der Waals surface area contributed by atoms with E-state index in [0.29, 0.717) is 11.1 Å². The smallest absolute Gasteiger partial charge is 0.246 e. The maximum atomic E-state index is 14.6. The number of primary amides is 1. The molecule has 13 amide bonds. The van der Waals surface area contributed by atoms with Crippen LogP contribution in [0.5, 0.6) is 0 Å². The first-order valence-corrected chi connectivity index (χ1v) is 26.5. The monoisotopic (exact) mass is 1130 g/mol. The molecule has 12 N–H and O–H groups in total. The second-order valence-corrected chi connectivity index (χ2v) is 20.6. The SMILES string of the molecule is CC(C)C[C@H]1C(=O)N[C@@H](C)C(=O)N[C@@H](C(C)C)C(=O)N[C@@H](Cc2ccccc2)C(=O)N[C@H](C(=O)N(C)[C@@H](C)C(=O)N[C@@H](CO)C(=O)NCC(N)=O)CC(=O)NCC(=O)N[C@@H](C)C(=O)N(C)[C@@H](Cc2ccccc2)C(=O)NCC(=O)N1C. The Morgan fingerprint density at radius 3 is 1.81 bits per heavy atom. The topological polar surface area (TPSA) is 386 Å². The Bertz CT molecular complexity index is 2590. The molecular weight excluding hydrogens is 1050 g/mol. The van der Waals surface area contributed by atoms with Crippen molar-refractivity contribution in [2.24, 2.45) is 17.6 Å². The van der Waals surface area contributed by atoms with Crippen molar-refractivity contribution in [3.05, 3.63) is 71.8 Å². The highest BCUT2D eigenvalue weighted by molar-refractivity contribution is 6.00. The fourth-order valence-electron chi connectivity index (χ4n) is 8.34. The predicted octanol–water partition coefficient (Wildman–Crippen LogP) is -4.15. The molecule has 0 spiro atoms. The number of carbonyl (C=O) groups is 13. The third-order valence-electron chi connectivity index (χ3n) is 13.3. The summed E-state index contributed by atoms with van der Waals surface area (Å²) in [7, 11) is 3.83. The third-order valence-corrected chi connectivity index (χ3v) is 13.3. The molecule has 1 saturated heterocycles. The fourth-order valence-corrected chi connectivity index (χ4v) is 8.34. The van der Waals surface area contributed by atoms with E-state index in [1.807, 2.05) is 13.8 Å². The molecule has 2 aromatic carbocycles. The summed E-state index contributed by atoms with van der Waals surface area (Å²) >= 11 is 0. The van der Waals surface area contributed by atoms with Crippen LogP contribution in [0, 0.1) is 11.8 Å². The summed E-state index contributed by atoms with van der Waals surface area (Å²) in [5.74, 6) is -12.3. The number of amides is 13. The molecule has 0 unspecified atom stereocenters. The number of aliphatic hydroxyl groups is 1. The van der Waals surface area contributed by atoms with Crippen molar-refractivity contribution in [1.82, 2.24) is 62.6 Å². The van der Waals surface area contributed by atoms with Gasteiger partial charge in [-0.15, -0.1) is 0 Å². The molecule has 0 saturated carbocycles. The predicted molar refractivity (Wildman–Crippen MR) is 293 cm³/mol. The minimum absolute atomic E-state index is 0.0336. The summed E-state index contributed by atoms with van der Waals surface area (Å²) in [6, 6.07) is 4.16. The Balaban J connectivity index is 2.12. The Hall–Kier alpha value is -8.49. The molecule has 1 fully saturated rings. The highest BCUT2D eigenvalue weighted by Gasteiger charge is 2.38. The van der Waals surface area contributed by atoms with E-state index in [9.17, 15) is 67.4 Å². The molecule has 0 aromatic heterocycles. The van der Waals surface area contributed by atoms with E-state index in [1.54, 1.807) is 74.5 Å². The van der Waals surface area contributed by atoms with E-state index in [1.165, 1.54) is 34.9 Å². The lowest BCUT2D eigenvalue weighted by Gasteiger charge is -2.32. The molecule has 0 bridgehead atoms. The quantitative estimate of drug-likeness (QED) is 0.0807. The number of benzene rings is 2. The average molecular weight is 1130 g/mol. The molecular formula is C54H79N13O14. The van der Waals surface area contributed by atoms with E-state index in [4.69, 9.17) is 5.73 Å². The summed E-state index contributed by atoms with van der Waals surface area (Å²) in [5.41, 5.74) is 6.24. The lowest BCUT2D eigenvalue weighted by molar-refractivity contribution is -0.144. The minimum atomic E-state index is -1.85. The summed E-state index contributed by atoms with van der Waals surface area (Å²) in [6.45, 7) is 7.83. The summed E-state index contributed by atoms with van der Waals surface area (Å²) in [5, 5.41) is 32.0. The van der Waals surface area contributed by atoms with Crippen molar-refractivity contribution in [2.75, 3.05) is 47.4 Å². The number of nitrogens with two attached hydrogens (primary N) is 1. The van der Waals surface area contributed by atoms with Crippen LogP contribution in [0.4, 0.5) is 0 Å². The van der Waals surface area contributed by atoms with Gasteiger partial charge in [0.2, 0.25) is 76.8 Å². The van der Waals surface area contributed by atoms with Crippen LogP contribution in [-0.2, 0) is 75.2 Å². The van der Waals surface area contributed by atoms with Crippen LogP contribution >= 0.6 is 0 Å². The zero-order chi connectivity index (χ0) is 60.8. The largest absolute Gasteiger partial charge is 0.394 e. The van der Waals surface area contributed by atoms with Crippen molar-refractivity contribution >= 4 is 76.8 Å². The number of rotatable bonds is 15. The number of nitrogens with one attached hydrogen (secondary N) is 9. The zero-order valence-electron chi connectivity index (χ0n) is 47.5. The molecule has 0 aliphatic carbocycles. The van der Waals surface area contributed by atoms with Gasteiger partial charge in [-0.2, -0.15) is 0 Å². The lowest BCUT2D eigenvalue weighted by atomic mass is 10.00. The number of carbonyl (C=O) groups excluding carboxylic acids is 13. The first-order valence-electron chi connectivity index (χ1n) is 26.5. The maximum absolute atomic E-state index is 14.6. The lowest BCUT2D eigenvalue weighted by Crippen LogP contribution is -2.61. The number of nitrogens with zero attached hydrogens (tertiary/aromatic N) is 3. The number of aliphatic hydroxyl groups excluding tert-OH is 1. The van der Waals surface area contributed by atoms with Gasteiger partial charge in [0, 0.05) is 34.0 Å². The normalized spacial score (nSPS) is 22.7. The van der Waals surface area contributed by atoms with E-state index in [-0.39, 0.29) is 25.2 Å². The third kappa shape index (κ3) is 20.9. The van der Waals surface area contributed by atoms with Gasteiger partial charge in [0.15, 0.2) is 0 Å². The van der Waals surface area contributed by atoms with Gasteiger partial charge in [0.1, 0.15) is 54.4 Å². The highest BCUT2D eigenvalue weighted by atomic mass is 16.3. The van der Waals surface area contributed by atoms with Gasteiger partial charge >= 0.3 is 0 Å². The highest BCUT2D eigenvalue weighted by Crippen LogP contribution is 2.15. The molecule has 81 heavy (non-hydrogen) atoms.